The molecule has 2 saturated heterocycles. The number of nitrogens with one attached hydrogen (secondary N) is 1. The summed E-state index contributed by atoms with van der Waals surface area (Å²) in [5.41, 5.74) is 5.36. The van der Waals surface area contributed by atoms with E-state index < -0.39 is 0 Å². The molecular formula is C14H28N4O. The van der Waals surface area contributed by atoms with Gasteiger partial charge in [-0.15, -0.1) is 0 Å². The summed E-state index contributed by atoms with van der Waals surface area (Å²) in [5.74, 6) is 0.573. The van der Waals surface area contributed by atoms with E-state index in [9.17, 15) is 4.79 Å². The molecule has 0 radical (unpaired) electrons. The molecule has 0 aromatic heterocycles. The predicted octanol–water partition coefficient (Wildman–Crippen LogP) is -0.134. The smallest absolute Gasteiger partial charge is 0.234 e. The summed E-state index contributed by atoms with van der Waals surface area (Å²) in [4.78, 5) is 16.2. The van der Waals surface area contributed by atoms with Crippen LogP contribution in [-0.2, 0) is 4.79 Å². The van der Waals surface area contributed by atoms with E-state index in [1.807, 2.05) is 0 Å². The number of rotatable bonds is 5. The predicted molar refractivity (Wildman–Crippen MR) is 76.9 cm³/mol. The number of fused-ring (bicyclic) bond motifs is 1. The number of carbonyl (C=O) groups excluding carboxylic acids is 1. The molecule has 1 amide bonds. The molecule has 0 aliphatic carbocycles. The number of piperidine rings is 2. The molecule has 2 aliphatic rings. The van der Waals surface area contributed by atoms with Gasteiger partial charge in [0.05, 0.1) is 6.04 Å². The zero-order valence-corrected chi connectivity index (χ0v) is 12.3. The van der Waals surface area contributed by atoms with E-state index in [1.54, 1.807) is 7.05 Å². The first kappa shape index (κ1) is 14.8. The Morgan fingerprint density at radius 3 is 2.89 bits per heavy atom. The van der Waals surface area contributed by atoms with Gasteiger partial charge in [0.2, 0.25) is 5.91 Å². The fourth-order valence-electron chi connectivity index (χ4n) is 3.67. The van der Waals surface area contributed by atoms with Gasteiger partial charge >= 0.3 is 0 Å². The van der Waals surface area contributed by atoms with E-state index in [1.165, 1.54) is 32.4 Å². The van der Waals surface area contributed by atoms with E-state index in [0.29, 0.717) is 0 Å². The molecule has 110 valence electrons. The molecule has 5 nitrogen and oxygen atoms in total. The quantitative estimate of drug-likeness (QED) is 0.729. The topological polar surface area (TPSA) is 61.6 Å². The highest BCUT2D eigenvalue weighted by atomic mass is 16.1. The first-order valence-electron chi connectivity index (χ1n) is 7.51. The van der Waals surface area contributed by atoms with Crippen molar-refractivity contribution in [2.24, 2.45) is 11.7 Å². The summed E-state index contributed by atoms with van der Waals surface area (Å²) in [6, 6.07) is 0.591. The number of likely N-dealkylation sites (N-methyl/N-ethyl adjacent to an activating group) is 1. The summed E-state index contributed by atoms with van der Waals surface area (Å²) in [6.45, 7) is 4.57. The summed E-state index contributed by atoms with van der Waals surface area (Å²) in [5, 5.41) is 3.00. The minimum absolute atomic E-state index is 0.188. The lowest BCUT2D eigenvalue weighted by Crippen LogP contribution is -2.53. The Morgan fingerprint density at radius 2 is 2.21 bits per heavy atom. The Labute approximate surface area is 116 Å². The molecule has 2 fully saturated rings. The van der Waals surface area contributed by atoms with E-state index in [0.717, 1.165) is 31.5 Å². The minimum atomic E-state index is -0.241. The van der Waals surface area contributed by atoms with Crippen LogP contribution in [0, 0.1) is 5.92 Å². The number of nitrogens with two attached hydrogens (primary N) is 1. The summed E-state index contributed by atoms with van der Waals surface area (Å²) in [7, 11) is 4.06. The maximum Gasteiger partial charge on any atom is 0.234 e. The monoisotopic (exact) mass is 268 g/mol. The third kappa shape index (κ3) is 3.68. The van der Waals surface area contributed by atoms with Crippen molar-refractivity contribution in [1.82, 2.24) is 15.1 Å². The summed E-state index contributed by atoms with van der Waals surface area (Å²) in [6.07, 6.45) is 4.77. The van der Waals surface area contributed by atoms with Crippen LogP contribution in [0.4, 0.5) is 0 Å². The first-order valence-corrected chi connectivity index (χ1v) is 7.51. The number of hydrogen-bond acceptors (Lipinski definition) is 4. The largest absolute Gasteiger partial charge is 0.368 e. The number of primary amides is 1. The van der Waals surface area contributed by atoms with Crippen molar-refractivity contribution in [2.75, 3.05) is 40.3 Å². The maximum absolute atomic E-state index is 11.2. The Kier molecular flexibility index (Phi) is 5.19. The van der Waals surface area contributed by atoms with Crippen LogP contribution >= 0.6 is 0 Å². The summed E-state index contributed by atoms with van der Waals surface area (Å²) < 4.78 is 0. The molecule has 0 bridgehead atoms. The standard InChI is InChI=1S/C14H28N4O/c1-16-12(14(15)19)5-8-18-9-6-13-11(10-18)4-3-7-17(13)2/h11-13,16H,3-10H2,1-2H3,(H2,15,19). The van der Waals surface area contributed by atoms with E-state index in [-0.39, 0.29) is 11.9 Å². The van der Waals surface area contributed by atoms with Gasteiger partial charge in [-0.3, -0.25) is 4.79 Å². The van der Waals surface area contributed by atoms with Crippen LogP contribution in [0.15, 0.2) is 0 Å². The lowest BCUT2D eigenvalue weighted by Gasteiger charge is -2.46. The normalized spacial score (nSPS) is 30.8. The van der Waals surface area contributed by atoms with Gasteiger partial charge in [-0.05, 0) is 58.8 Å². The van der Waals surface area contributed by atoms with Crippen LogP contribution in [0.3, 0.4) is 0 Å². The molecule has 2 rings (SSSR count). The number of hydrogen-bond donors (Lipinski definition) is 2. The van der Waals surface area contributed by atoms with Gasteiger partial charge in [0.1, 0.15) is 0 Å². The minimum Gasteiger partial charge on any atom is -0.368 e. The summed E-state index contributed by atoms with van der Waals surface area (Å²) >= 11 is 0. The number of amides is 1. The van der Waals surface area contributed by atoms with Gasteiger partial charge in [-0.25, -0.2) is 0 Å². The first-order chi connectivity index (χ1) is 9.11. The lowest BCUT2D eigenvalue weighted by molar-refractivity contribution is -0.120. The number of carbonyl (C=O) groups is 1. The van der Waals surface area contributed by atoms with Gasteiger partial charge in [-0.2, -0.15) is 0 Å². The van der Waals surface area contributed by atoms with E-state index in [2.05, 4.69) is 22.2 Å². The second-order valence-corrected chi connectivity index (χ2v) is 6.07. The van der Waals surface area contributed by atoms with Gasteiger partial charge in [0.15, 0.2) is 0 Å². The maximum atomic E-state index is 11.2. The zero-order chi connectivity index (χ0) is 13.8. The van der Waals surface area contributed by atoms with Crippen LogP contribution in [0.2, 0.25) is 0 Å². The fraction of sp³-hybridized carbons (Fsp3) is 0.929. The van der Waals surface area contributed by atoms with E-state index in [4.69, 9.17) is 5.73 Å². The SMILES string of the molecule is CNC(CCN1CCC2C(CCCN2C)C1)C(N)=O. The molecule has 5 heteroatoms. The Balaban J connectivity index is 1.79. The van der Waals surface area contributed by atoms with Crippen LogP contribution in [0.1, 0.15) is 25.7 Å². The van der Waals surface area contributed by atoms with Gasteiger partial charge < -0.3 is 20.9 Å². The molecule has 0 aromatic carbocycles. The lowest BCUT2D eigenvalue weighted by atomic mass is 9.84. The molecule has 2 aliphatic heterocycles. The zero-order valence-electron chi connectivity index (χ0n) is 12.3. The van der Waals surface area contributed by atoms with Crippen molar-refractivity contribution in [3.05, 3.63) is 0 Å². The van der Waals surface area contributed by atoms with Crippen molar-refractivity contribution in [3.8, 4) is 0 Å². The second-order valence-electron chi connectivity index (χ2n) is 6.07. The van der Waals surface area contributed by atoms with Gasteiger partial charge in [-0.1, -0.05) is 0 Å². The highest BCUT2D eigenvalue weighted by Gasteiger charge is 2.34. The third-order valence-corrected chi connectivity index (χ3v) is 4.86. The Hall–Kier alpha value is -0.650. The molecule has 3 atom stereocenters. The molecule has 0 saturated carbocycles. The molecule has 3 N–H and O–H groups in total. The molecule has 3 unspecified atom stereocenters. The number of nitrogens with zero attached hydrogens (tertiary/aromatic N) is 2. The van der Waals surface area contributed by atoms with Crippen molar-refractivity contribution < 1.29 is 4.79 Å². The van der Waals surface area contributed by atoms with Crippen molar-refractivity contribution in [3.63, 3.8) is 0 Å². The average molecular weight is 268 g/mol. The van der Waals surface area contributed by atoms with E-state index >= 15 is 0 Å². The molecule has 0 aromatic rings. The molecule has 2 heterocycles. The number of likely N-dealkylation sites (tertiary alicyclic amines) is 2. The Morgan fingerprint density at radius 1 is 1.42 bits per heavy atom. The molecule has 19 heavy (non-hydrogen) atoms. The van der Waals surface area contributed by atoms with Crippen LogP contribution in [0.5, 0.6) is 0 Å². The molecule has 0 spiro atoms. The van der Waals surface area contributed by atoms with Crippen LogP contribution < -0.4 is 11.1 Å². The van der Waals surface area contributed by atoms with Crippen molar-refractivity contribution in [2.45, 2.75) is 37.8 Å². The van der Waals surface area contributed by atoms with Crippen LogP contribution in [0.25, 0.3) is 0 Å². The third-order valence-electron chi connectivity index (χ3n) is 4.86. The second kappa shape index (κ2) is 6.68. The highest BCUT2D eigenvalue weighted by molar-refractivity contribution is 5.79. The van der Waals surface area contributed by atoms with Gasteiger partial charge in [0.25, 0.3) is 0 Å². The van der Waals surface area contributed by atoms with Gasteiger partial charge in [0, 0.05) is 19.1 Å². The highest BCUT2D eigenvalue weighted by Crippen LogP contribution is 2.29. The molecular weight excluding hydrogens is 240 g/mol. The van der Waals surface area contributed by atoms with Crippen LogP contribution in [-0.4, -0.2) is 68.1 Å². The Bertz CT molecular complexity index is 310. The van der Waals surface area contributed by atoms with Crippen molar-refractivity contribution in [1.29, 1.82) is 0 Å². The van der Waals surface area contributed by atoms with Crippen molar-refractivity contribution >= 4 is 5.91 Å². The fourth-order valence-corrected chi connectivity index (χ4v) is 3.67. The average Bonchev–Trinajstić information content (AvgIpc) is 2.39.